The van der Waals surface area contributed by atoms with Crippen molar-refractivity contribution in [2.24, 2.45) is 5.41 Å². The summed E-state index contributed by atoms with van der Waals surface area (Å²) < 4.78 is 11.0. The van der Waals surface area contributed by atoms with Crippen LogP contribution in [-0.4, -0.2) is 15.9 Å². The number of oxazole rings is 1. The van der Waals surface area contributed by atoms with E-state index in [1.54, 1.807) is 6.26 Å². The summed E-state index contributed by atoms with van der Waals surface area (Å²) >= 11 is 6.32. The van der Waals surface area contributed by atoms with Crippen molar-refractivity contribution in [3.63, 3.8) is 0 Å². The molecule has 0 aliphatic heterocycles. The number of aromatic amines is 1. The van der Waals surface area contributed by atoms with E-state index in [1.165, 1.54) is 0 Å². The number of halogens is 1. The number of hydrogen-bond acceptors (Lipinski definition) is 4. The average molecular weight is 374 g/mol. The number of nitrogens with zero attached hydrogens (tertiary/aromatic N) is 1. The summed E-state index contributed by atoms with van der Waals surface area (Å²) in [7, 11) is 0. The quantitative estimate of drug-likeness (QED) is 0.681. The molecule has 1 fully saturated rings. The number of aryl methyl sites for hydroxylation is 1. The standard InChI is InChI=1S/C19H20ClN3O3/c1-11-9-26-17(22-11)10-25-16-7-15-12(6-14(16)20)5-13(23-15)8-21-18(24)19(2)3-4-19/h5-7,9,23H,3-4,8,10H2,1-2H3,(H,21,24). The first kappa shape index (κ1) is 17.0. The second-order valence-corrected chi connectivity index (χ2v) is 7.49. The highest BCUT2D eigenvalue weighted by Gasteiger charge is 2.44. The smallest absolute Gasteiger partial charge is 0.232 e. The molecule has 0 unspecified atom stereocenters. The van der Waals surface area contributed by atoms with Crippen LogP contribution in [0.15, 0.2) is 28.9 Å². The normalized spacial score (nSPS) is 15.2. The lowest BCUT2D eigenvalue weighted by molar-refractivity contribution is -0.125. The minimum Gasteiger partial charge on any atom is -0.482 e. The van der Waals surface area contributed by atoms with Gasteiger partial charge in [0.05, 0.1) is 17.3 Å². The van der Waals surface area contributed by atoms with Crippen molar-refractivity contribution in [2.75, 3.05) is 0 Å². The molecule has 1 aliphatic carbocycles. The Labute approximate surface area is 155 Å². The zero-order valence-electron chi connectivity index (χ0n) is 14.7. The fourth-order valence-corrected chi connectivity index (χ4v) is 3.04. The first-order valence-corrected chi connectivity index (χ1v) is 8.94. The Morgan fingerprint density at radius 2 is 2.23 bits per heavy atom. The number of fused-ring (bicyclic) bond motifs is 1. The Kier molecular flexibility index (Phi) is 4.15. The molecule has 6 nitrogen and oxygen atoms in total. The zero-order chi connectivity index (χ0) is 18.3. The van der Waals surface area contributed by atoms with Gasteiger partial charge >= 0.3 is 0 Å². The predicted octanol–water partition coefficient (Wildman–Crippen LogP) is 4.11. The maximum Gasteiger partial charge on any atom is 0.232 e. The number of rotatable bonds is 6. The number of hydrogen-bond donors (Lipinski definition) is 2. The SMILES string of the molecule is Cc1coc(COc2cc3[nH]c(CNC(=O)C4(C)CC4)cc3cc2Cl)n1. The minimum atomic E-state index is -0.172. The highest BCUT2D eigenvalue weighted by atomic mass is 35.5. The average Bonchev–Trinajstić information content (AvgIpc) is 3.04. The van der Waals surface area contributed by atoms with E-state index in [-0.39, 0.29) is 17.9 Å². The largest absolute Gasteiger partial charge is 0.482 e. The second-order valence-electron chi connectivity index (χ2n) is 7.08. The molecule has 0 atom stereocenters. The van der Waals surface area contributed by atoms with E-state index in [2.05, 4.69) is 15.3 Å². The summed E-state index contributed by atoms with van der Waals surface area (Å²) in [6.45, 7) is 4.52. The minimum absolute atomic E-state index is 0.111. The molecule has 2 aromatic heterocycles. The van der Waals surface area contributed by atoms with Crippen LogP contribution < -0.4 is 10.1 Å². The van der Waals surface area contributed by atoms with Gasteiger partial charge in [0.25, 0.3) is 0 Å². The van der Waals surface area contributed by atoms with Crippen molar-refractivity contribution in [3.05, 3.63) is 46.8 Å². The Morgan fingerprint density at radius 3 is 2.92 bits per heavy atom. The molecular weight excluding hydrogens is 354 g/mol. The molecule has 0 bridgehead atoms. The van der Waals surface area contributed by atoms with Crippen molar-refractivity contribution in [3.8, 4) is 5.75 Å². The van der Waals surface area contributed by atoms with Gasteiger partial charge in [0.15, 0.2) is 6.61 Å². The van der Waals surface area contributed by atoms with Crippen LogP contribution >= 0.6 is 11.6 Å². The van der Waals surface area contributed by atoms with Crippen LogP contribution in [0.1, 0.15) is 37.0 Å². The molecular formula is C19H20ClN3O3. The van der Waals surface area contributed by atoms with E-state index < -0.39 is 0 Å². The van der Waals surface area contributed by atoms with Gasteiger partial charge in [-0.3, -0.25) is 4.79 Å². The molecule has 4 rings (SSSR count). The van der Waals surface area contributed by atoms with Crippen molar-refractivity contribution < 1.29 is 13.9 Å². The van der Waals surface area contributed by atoms with Crippen LogP contribution in [0.3, 0.4) is 0 Å². The number of nitrogens with one attached hydrogen (secondary N) is 2. The summed E-state index contributed by atoms with van der Waals surface area (Å²) in [6.07, 6.45) is 3.51. The van der Waals surface area contributed by atoms with E-state index in [4.69, 9.17) is 20.8 Å². The first-order chi connectivity index (χ1) is 12.4. The molecule has 7 heteroatoms. The van der Waals surface area contributed by atoms with Crippen LogP contribution in [0.2, 0.25) is 5.02 Å². The summed E-state index contributed by atoms with van der Waals surface area (Å²) in [5, 5.41) is 4.47. The highest BCUT2D eigenvalue weighted by Crippen LogP contribution is 2.45. The Bertz CT molecular complexity index is 972. The lowest BCUT2D eigenvalue weighted by atomic mass is 10.1. The maximum atomic E-state index is 12.1. The van der Waals surface area contributed by atoms with Crippen molar-refractivity contribution >= 4 is 28.4 Å². The third kappa shape index (κ3) is 3.42. The second kappa shape index (κ2) is 6.36. The Morgan fingerprint density at radius 1 is 1.42 bits per heavy atom. The van der Waals surface area contributed by atoms with Crippen LogP contribution in [-0.2, 0) is 17.9 Å². The third-order valence-corrected chi connectivity index (χ3v) is 5.03. The fraction of sp³-hybridized carbons (Fsp3) is 0.368. The van der Waals surface area contributed by atoms with Gasteiger partial charge in [-0.15, -0.1) is 0 Å². The fourth-order valence-electron chi connectivity index (χ4n) is 2.81. The molecule has 136 valence electrons. The molecule has 1 aromatic carbocycles. The summed E-state index contributed by atoms with van der Waals surface area (Å²) in [4.78, 5) is 19.6. The maximum absolute atomic E-state index is 12.1. The molecule has 1 amide bonds. The molecule has 0 spiro atoms. The number of carbonyl (C=O) groups excluding carboxylic acids is 1. The van der Waals surface area contributed by atoms with E-state index in [1.807, 2.05) is 32.0 Å². The van der Waals surface area contributed by atoms with Gasteiger partial charge in [-0.25, -0.2) is 4.98 Å². The van der Waals surface area contributed by atoms with Crippen LogP contribution in [0, 0.1) is 12.3 Å². The van der Waals surface area contributed by atoms with E-state index in [0.29, 0.717) is 23.2 Å². The number of amides is 1. The van der Waals surface area contributed by atoms with Crippen LogP contribution in [0.4, 0.5) is 0 Å². The molecule has 2 heterocycles. The van der Waals surface area contributed by atoms with E-state index in [9.17, 15) is 4.79 Å². The Hall–Kier alpha value is -2.47. The van der Waals surface area contributed by atoms with Gasteiger partial charge in [-0.2, -0.15) is 0 Å². The monoisotopic (exact) mass is 373 g/mol. The summed E-state index contributed by atoms with van der Waals surface area (Å²) in [5.41, 5.74) is 2.46. The third-order valence-electron chi connectivity index (χ3n) is 4.73. The Balaban J connectivity index is 1.46. The number of ether oxygens (including phenoxy) is 1. The molecule has 0 radical (unpaired) electrons. The first-order valence-electron chi connectivity index (χ1n) is 8.56. The molecule has 3 aromatic rings. The van der Waals surface area contributed by atoms with Gasteiger partial charge in [-0.1, -0.05) is 18.5 Å². The van der Waals surface area contributed by atoms with E-state index >= 15 is 0 Å². The molecule has 2 N–H and O–H groups in total. The van der Waals surface area contributed by atoms with Crippen LogP contribution in [0.5, 0.6) is 5.75 Å². The summed E-state index contributed by atoms with van der Waals surface area (Å²) in [5.74, 6) is 1.17. The van der Waals surface area contributed by atoms with Gasteiger partial charge < -0.3 is 19.5 Å². The lowest BCUT2D eigenvalue weighted by Crippen LogP contribution is -2.29. The van der Waals surface area contributed by atoms with Gasteiger partial charge in [0.1, 0.15) is 12.0 Å². The molecule has 1 saturated carbocycles. The highest BCUT2D eigenvalue weighted by molar-refractivity contribution is 6.32. The number of carbonyl (C=O) groups is 1. The lowest BCUT2D eigenvalue weighted by Gasteiger charge is -2.08. The number of benzene rings is 1. The molecule has 26 heavy (non-hydrogen) atoms. The van der Waals surface area contributed by atoms with Crippen molar-refractivity contribution in [2.45, 2.75) is 39.8 Å². The molecule has 1 aliphatic rings. The number of aromatic nitrogens is 2. The zero-order valence-corrected chi connectivity index (χ0v) is 15.4. The van der Waals surface area contributed by atoms with E-state index in [0.717, 1.165) is 35.1 Å². The predicted molar refractivity (Wildman–Crippen MR) is 98.1 cm³/mol. The van der Waals surface area contributed by atoms with Crippen molar-refractivity contribution in [1.82, 2.24) is 15.3 Å². The van der Waals surface area contributed by atoms with Gasteiger partial charge in [0, 0.05) is 28.1 Å². The molecule has 0 saturated heterocycles. The topological polar surface area (TPSA) is 80.1 Å². The van der Waals surface area contributed by atoms with Crippen LogP contribution in [0.25, 0.3) is 10.9 Å². The number of H-pyrrole nitrogens is 1. The van der Waals surface area contributed by atoms with Crippen molar-refractivity contribution in [1.29, 1.82) is 0 Å². The van der Waals surface area contributed by atoms with Gasteiger partial charge in [0.2, 0.25) is 11.8 Å². The van der Waals surface area contributed by atoms with Gasteiger partial charge in [-0.05, 0) is 31.9 Å². The summed E-state index contributed by atoms with van der Waals surface area (Å²) in [6, 6.07) is 5.68.